The fraction of sp³-hybridized carbons (Fsp3) is 0.889. The second-order valence-corrected chi connectivity index (χ2v) is 2.84. The van der Waals surface area contributed by atoms with Gasteiger partial charge in [-0.15, -0.1) is 0 Å². The van der Waals surface area contributed by atoms with Crippen molar-refractivity contribution in [2.75, 3.05) is 13.2 Å². The lowest BCUT2D eigenvalue weighted by molar-refractivity contribution is -0.123. The first-order chi connectivity index (χ1) is 6.24. The minimum absolute atomic E-state index is 0.0119. The van der Waals surface area contributed by atoms with E-state index in [0.717, 1.165) is 12.8 Å². The Hall–Kier alpha value is -0.610. The van der Waals surface area contributed by atoms with E-state index >= 15 is 0 Å². The Labute approximate surface area is 80.0 Å². The van der Waals surface area contributed by atoms with Gasteiger partial charge in [-0.05, 0) is 19.8 Å². The smallest absolute Gasteiger partial charge is 0.236 e. The van der Waals surface area contributed by atoms with Crippen molar-refractivity contribution in [3.63, 3.8) is 0 Å². The van der Waals surface area contributed by atoms with Gasteiger partial charge in [-0.1, -0.05) is 13.8 Å². The summed E-state index contributed by atoms with van der Waals surface area (Å²) in [6, 6.07) is 0.288. The number of carbonyl (C=O) groups is 1. The Morgan fingerprint density at radius 2 is 1.92 bits per heavy atom. The van der Waals surface area contributed by atoms with Crippen LogP contribution in [-0.2, 0) is 9.63 Å². The van der Waals surface area contributed by atoms with Gasteiger partial charge in [0, 0.05) is 6.04 Å². The molecule has 0 atom stereocenters. The molecule has 0 aromatic heterocycles. The van der Waals surface area contributed by atoms with Crippen molar-refractivity contribution in [3.8, 4) is 0 Å². The molecule has 0 rings (SSSR count). The van der Waals surface area contributed by atoms with Gasteiger partial charge in [0.25, 0.3) is 0 Å². The summed E-state index contributed by atoms with van der Waals surface area (Å²) in [6.45, 7) is 6.78. The normalized spacial score (nSPS) is 10.5. The van der Waals surface area contributed by atoms with Crippen LogP contribution in [0.4, 0.5) is 0 Å². The highest BCUT2D eigenvalue weighted by molar-refractivity contribution is 5.78. The maximum atomic E-state index is 11.2. The zero-order valence-electron chi connectivity index (χ0n) is 8.72. The summed E-state index contributed by atoms with van der Waals surface area (Å²) >= 11 is 0. The van der Waals surface area contributed by atoms with E-state index in [1.807, 2.05) is 6.92 Å². The molecular weight excluding hydrogens is 168 g/mol. The molecule has 0 heterocycles. The molecular formula is C9H20N2O2. The number of hydroxylamine groups is 1. The van der Waals surface area contributed by atoms with Crippen LogP contribution < -0.4 is 10.8 Å². The van der Waals surface area contributed by atoms with E-state index in [1.165, 1.54) is 0 Å². The molecule has 4 heteroatoms. The summed E-state index contributed by atoms with van der Waals surface area (Å²) in [5, 5.41) is 2.89. The van der Waals surface area contributed by atoms with Crippen LogP contribution in [-0.4, -0.2) is 25.1 Å². The van der Waals surface area contributed by atoms with Gasteiger partial charge in [0.2, 0.25) is 5.91 Å². The molecule has 1 amide bonds. The van der Waals surface area contributed by atoms with E-state index in [4.69, 9.17) is 4.84 Å². The van der Waals surface area contributed by atoms with Gasteiger partial charge in [-0.3, -0.25) is 4.79 Å². The number of nitrogens with one attached hydrogen (secondary N) is 2. The average Bonchev–Trinajstić information content (AvgIpc) is 2.14. The minimum atomic E-state index is -0.0119. The first kappa shape index (κ1) is 12.4. The lowest BCUT2D eigenvalue weighted by Gasteiger charge is -2.14. The second-order valence-electron chi connectivity index (χ2n) is 2.84. The van der Waals surface area contributed by atoms with Gasteiger partial charge in [0.1, 0.15) is 0 Å². The van der Waals surface area contributed by atoms with Crippen molar-refractivity contribution in [2.45, 2.75) is 39.7 Å². The summed E-state index contributed by atoms with van der Waals surface area (Å²) < 4.78 is 0. The monoisotopic (exact) mass is 188 g/mol. The van der Waals surface area contributed by atoms with Crippen molar-refractivity contribution < 1.29 is 9.63 Å². The molecule has 0 radical (unpaired) electrons. The average molecular weight is 188 g/mol. The maximum Gasteiger partial charge on any atom is 0.236 e. The highest BCUT2D eigenvalue weighted by Gasteiger charge is 2.06. The summed E-state index contributed by atoms with van der Waals surface area (Å²) in [6.07, 6.45) is 1.94. The molecule has 2 N–H and O–H groups in total. The number of amides is 1. The minimum Gasteiger partial charge on any atom is -0.352 e. The van der Waals surface area contributed by atoms with Crippen LogP contribution in [0.2, 0.25) is 0 Å². The predicted octanol–water partition coefficient (Wildman–Crippen LogP) is 0.832. The van der Waals surface area contributed by atoms with Crippen LogP contribution in [0.25, 0.3) is 0 Å². The zero-order chi connectivity index (χ0) is 10.1. The Balaban J connectivity index is 3.48. The number of carbonyl (C=O) groups excluding carboxylic acids is 1. The molecule has 0 aromatic carbocycles. The summed E-state index contributed by atoms with van der Waals surface area (Å²) in [5.41, 5.74) is 2.58. The van der Waals surface area contributed by atoms with Crippen molar-refractivity contribution in [1.82, 2.24) is 10.8 Å². The standard InChI is InChI=1S/C9H20N2O2/c1-4-8(5-2)11-9(12)7-10-13-6-3/h8,10H,4-7H2,1-3H3,(H,11,12). The van der Waals surface area contributed by atoms with Gasteiger partial charge in [0.15, 0.2) is 0 Å². The first-order valence-electron chi connectivity index (χ1n) is 4.88. The van der Waals surface area contributed by atoms with E-state index in [9.17, 15) is 4.79 Å². The maximum absolute atomic E-state index is 11.2. The summed E-state index contributed by atoms with van der Waals surface area (Å²) in [7, 11) is 0. The van der Waals surface area contributed by atoms with Crippen molar-refractivity contribution in [3.05, 3.63) is 0 Å². The molecule has 0 aliphatic carbocycles. The van der Waals surface area contributed by atoms with Crippen LogP contribution in [0.5, 0.6) is 0 Å². The molecule has 0 unspecified atom stereocenters. The largest absolute Gasteiger partial charge is 0.352 e. The van der Waals surface area contributed by atoms with E-state index in [2.05, 4.69) is 24.6 Å². The number of hydrogen-bond acceptors (Lipinski definition) is 3. The fourth-order valence-electron chi connectivity index (χ4n) is 0.990. The zero-order valence-corrected chi connectivity index (χ0v) is 8.72. The Morgan fingerprint density at radius 3 is 2.38 bits per heavy atom. The van der Waals surface area contributed by atoms with Crippen LogP contribution >= 0.6 is 0 Å². The molecule has 0 aromatic rings. The molecule has 13 heavy (non-hydrogen) atoms. The molecule has 0 saturated heterocycles. The summed E-state index contributed by atoms with van der Waals surface area (Å²) in [4.78, 5) is 16.0. The Bertz CT molecular complexity index is 136. The Morgan fingerprint density at radius 1 is 1.31 bits per heavy atom. The van der Waals surface area contributed by atoms with E-state index < -0.39 is 0 Å². The van der Waals surface area contributed by atoms with E-state index in [1.54, 1.807) is 0 Å². The highest BCUT2D eigenvalue weighted by Crippen LogP contribution is 1.94. The third kappa shape index (κ3) is 6.54. The van der Waals surface area contributed by atoms with Crippen LogP contribution in [0.3, 0.4) is 0 Å². The van der Waals surface area contributed by atoms with Crippen molar-refractivity contribution in [1.29, 1.82) is 0 Å². The topological polar surface area (TPSA) is 50.4 Å². The number of hydrogen-bond donors (Lipinski definition) is 2. The molecule has 0 spiro atoms. The molecule has 0 aliphatic rings. The van der Waals surface area contributed by atoms with Gasteiger partial charge in [-0.2, -0.15) is 5.48 Å². The molecule has 0 saturated carbocycles. The van der Waals surface area contributed by atoms with E-state index in [-0.39, 0.29) is 18.5 Å². The predicted molar refractivity (Wildman–Crippen MR) is 52.1 cm³/mol. The molecule has 0 fully saturated rings. The van der Waals surface area contributed by atoms with Gasteiger partial charge in [0.05, 0.1) is 13.2 Å². The lowest BCUT2D eigenvalue weighted by Crippen LogP contribution is -2.39. The summed E-state index contributed by atoms with van der Waals surface area (Å²) in [5.74, 6) is -0.0119. The van der Waals surface area contributed by atoms with Crippen LogP contribution in [0, 0.1) is 0 Å². The second kappa shape index (κ2) is 8.01. The molecule has 78 valence electrons. The van der Waals surface area contributed by atoms with E-state index in [0.29, 0.717) is 6.61 Å². The quantitative estimate of drug-likeness (QED) is 0.459. The third-order valence-electron chi connectivity index (χ3n) is 1.83. The third-order valence-corrected chi connectivity index (χ3v) is 1.83. The van der Waals surface area contributed by atoms with Crippen molar-refractivity contribution in [2.24, 2.45) is 0 Å². The number of rotatable bonds is 7. The highest BCUT2D eigenvalue weighted by atomic mass is 16.6. The van der Waals surface area contributed by atoms with Crippen LogP contribution in [0.1, 0.15) is 33.6 Å². The molecule has 4 nitrogen and oxygen atoms in total. The van der Waals surface area contributed by atoms with Gasteiger partial charge in [-0.25, -0.2) is 0 Å². The lowest BCUT2D eigenvalue weighted by atomic mass is 10.2. The van der Waals surface area contributed by atoms with Crippen molar-refractivity contribution >= 4 is 5.91 Å². The molecule has 0 aliphatic heterocycles. The van der Waals surface area contributed by atoms with Crippen LogP contribution in [0.15, 0.2) is 0 Å². The fourth-order valence-corrected chi connectivity index (χ4v) is 0.990. The first-order valence-corrected chi connectivity index (χ1v) is 4.88. The molecule has 0 bridgehead atoms. The SMILES string of the molecule is CCONCC(=O)NC(CC)CC. The Kier molecular flexibility index (Phi) is 7.63. The van der Waals surface area contributed by atoms with Gasteiger partial charge < -0.3 is 10.2 Å². The van der Waals surface area contributed by atoms with Gasteiger partial charge >= 0.3 is 0 Å².